The maximum Gasteiger partial charge on any atom is 0.330 e. The van der Waals surface area contributed by atoms with E-state index in [0.29, 0.717) is 23.5 Å². The highest BCUT2D eigenvalue weighted by Crippen LogP contribution is 2.47. The molecule has 9 heteroatoms. The van der Waals surface area contributed by atoms with Gasteiger partial charge in [-0.2, -0.15) is 0 Å². The monoisotopic (exact) mass is 437 g/mol. The third-order valence-corrected chi connectivity index (χ3v) is 6.73. The lowest BCUT2D eigenvalue weighted by Gasteiger charge is -2.29. The Bertz CT molecular complexity index is 978. The molecule has 0 aliphatic carbocycles. The van der Waals surface area contributed by atoms with E-state index in [0.717, 1.165) is 10.9 Å². The van der Waals surface area contributed by atoms with E-state index in [4.69, 9.17) is 4.74 Å². The molecule has 1 amide bonds. The van der Waals surface area contributed by atoms with Gasteiger partial charge in [-0.05, 0) is 41.4 Å². The van der Waals surface area contributed by atoms with E-state index in [1.165, 1.54) is 10.5 Å². The Kier molecular flexibility index (Phi) is 4.31. The summed E-state index contributed by atoms with van der Waals surface area (Å²) < 4.78 is 7.56. The van der Waals surface area contributed by atoms with Crippen LogP contribution in [0.5, 0.6) is 0 Å². The summed E-state index contributed by atoms with van der Waals surface area (Å²) in [5, 5.41) is 0. The minimum Gasteiger partial charge on any atom is -0.458 e. The van der Waals surface area contributed by atoms with Crippen LogP contribution < -0.4 is 5.56 Å². The van der Waals surface area contributed by atoms with Crippen LogP contribution in [-0.2, 0) is 20.9 Å². The maximum absolute atomic E-state index is 12.5. The maximum atomic E-state index is 12.5. The summed E-state index contributed by atoms with van der Waals surface area (Å²) in [5.74, 6) is 0.0736. The Morgan fingerprint density at radius 1 is 1.46 bits per heavy atom. The first-order chi connectivity index (χ1) is 12.4. The molecular formula is C17H16BrN3O4S. The summed E-state index contributed by atoms with van der Waals surface area (Å²) in [6.07, 6.45) is 2.85. The van der Waals surface area contributed by atoms with Gasteiger partial charge >= 0.3 is 5.97 Å². The van der Waals surface area contributed by atoms with Crippen molar-refractivity contribution in [3.05, 3.63) is 44.9 Å². The lowest BCUT2D eigenvalue weighted by Crippen LogP contribution is -2.46. The number of rotatable bonds is 3. The number of nitrogens with zero attached hydrogens (tertiary/aromatic N) is 3. The summed E-state index contributed by atoms with van der Waals surface area (Å²) in [4.78, 5) is 42.5. The zero-order valence-electron chi connectivity index (χ0n) is 14.0. The van der Waals surface area contributed by atoms with Gasteiger partial charge in [-0.1, -0.05) is 0 Å². The fourth-order valence-corrected chi connectivity index (χ4v) is 5.19. The summed E-state index contributed by atoms with van der Waals surface area (Å²) >= 11 is 4.93. The summed E-state index contributed by atoms with van der Waals surface area (Å²) in [6.45, 7) is 1.89. The van der Waals surface area contributed by atoms with Crippen LogP contribution in [-0.4, -0.2) is 42.8 Å². The van der Waals surface area contributed by atoms with Gasteiger partial charge in [-0.15, -0.1) is 11.8 Å². The van der Waals surface area contributed by atoms with E-state index in [9.17, 15) is 14.4 Å². The largest absolute Gasteiger partial charge is 0.458 e. The van der Waals surface area contributed by atoms with Gasteiger partial charge in [0.1, 0.15) is 18.3 Å². The van der Waals surface area contributed by atoms with E-state index in [-0.39, 0.29) is 22.9 Å². The van der Waals surface area contributed by atoms with Crippen LogP contribution in [0.15, 0.2) is 33.7 Å². The smallest absolute Gasteiger partial charge is 0.330 e. The van der Waals surface area contributed by atoms with Crippen molar-refractivity contribution in [2.24, 2.45) is 0 Å². The molecule has 0 saturated carbocycles. The Morgan fingerprint density at radius 2 is 2.27 bits per heavy atom. The molecule has 0 spiro atoms. The van der Waals surface area contributed by atoms with E-state index < -0.39 is 12.0 Å². The van der Waals surface area contributed by atoms with E-state index in [1.807, 2.05) is 6.92 Å². The molecule has 0 radical (unpaired) electrons. The highest BCUT2D eigenvalue weighted by molar-refractivity contribution is 9.10. The molecule has 7 nitrogen and oxygen atoms in total. The zero-order chi connectivity index (χ0) is 18.5. The van der Waals surface area contributed by atoms with Crippen LogP contribution in [0.1, 0.15) is 25.5 Å². The third-order valence-electron chi connectivity index (χ3n) is 4.76. The van der Waals surface area contributed by atoms with Crippen LogP contribution in [0.3, 0.4) is 0 Å². The van der Waals surface area contributed by atoms with Crippen molar-refractivity contribution in [2.75, 3.05) is 5.75 Å². The van der Waals surface area contributed by atoms with Crippen molar-refractivity contribution in [3.8, 4) is 0 Å². The first-order valence-electron chi connectivity index (χ1n) is 8.18. The van der Waals surface area contributed by atoms with Gasteiger partial charge in [0.25, 0.3) is 5.56 Å². The molecular weight excluding hydrogens is 422 g/mol. The van der Waals surface area contributed by atoms with Crippen molar-refractivity contribution in [1.29, 1.82) is 0 Å². The van der Waals surface area contributed by atoms with Gasteiger partial charge in [0, 0.05) is 28.9 Å². The zero-order valence-corrected chi connectivity index (χ0v) is 16.4. The first kappa shape index (κ1) is 17.5. The lowest BCUT2D eigenvalue weighted by atomic mass is 10.2. The molecule has 2 aliphatic heterocycles. The number of aromatic nitrogens is 2. The molecule has 4 rings (SSSR count). The van der Waals surface area contributed by atoms with Crippen molar-refractivity contribution in [1.82, 2.24) is 14.3 Å². The van der Waals surface area contributed by atoms with E-state index >= 15 is 0 Å². The van der Waals surface area contributed by atoms with Gasteiger partial charge < -0.3 is 9.64 Å². The number of ether oxygens (including phenoxy) is 1. The molecule has 0 bridgehead atoms. The topological polar surface area (TPSA) is 81.0 Å². The molecule has 4 heterocycles. The molecule has 0 aromatic carbocycles. The summed E-state index contributed by atoms with van der Waals surface area (Å²) in [6, 6.07) is 4.27. The molecule has 2 atom stereocenters. The van der Waals surface area contributed by atoms with Gasteiger partial charge in [0.05, 0.1) is 10.6 Å². The molecule has 2 aliphatic rings. The number of hydrogen-bond acceptors (Lipinski definition) is 6. The van der Waals surface area contributed by atoms with Crippen molar-refractivity contribution >= 4 is 45.2 Å². The number of fused-ring (bicyclic) bond motifs is 2. The summed E-state index contributed by atoms with van der Waals surface area (Å²) in [5.41, 5.74) is 0.610. The van der Waals surface area contributed by atoms with Gasteiger partial charge in [0.2, 0.25) is 5.91 Å². The minimum atomic E-state index is -0.572. The highest BCUT2D eigenvalue weighted by atomic mass is 79.9. The Labute approximate surface area is 161 Å². The SMILES string of the molecule is C[C@@]12CCC(=O)N1[C@@H](C(=O)OCc1cc(=O)n3cc(Br)ccc3n1)CS2. The molecule has 2 fully saturated rings. The van der Waals surface area contributed by atoms with E-state index in [1.54, 1.807) is 35.0 Å². The average molecular weight is 438 g/mol. The fourth-order valence-electron chi connectivity index (χ4n) is 3.44. The van der Waals surface area contributed by atoms with Crippen LogP contribution >= 0.6 is 27.7 Å². The molecule has 0 unspecified atom stereocenters. The highest BCUT2D eigenvalue weighted by Gasteiger charge is 2.53. The van der Waals surface area contributed by atoms with Gasteiger partial charge in [0.15, 0.2) is 0 Å². The Morgan fingerprint density at radius 3 is 3.08 bits per heavy atom. The number of esters is 1. The van der Waals surface area contributed by atoms with Crippen molar-refractivity contribution < 1.29 is 14.3 Å². The van der Waals surface area contributed by atoms with Crippen LogP contribution in [0.25, 0.3) is 5.65 Å². The van der Waals surface area contributed by atoms with Gasteiger partial charge in [-0.25, -0.2) is 9.78 Å². The quantitative estimate of drug-likeness (QED) is 0.682. The first-order valence-corrected chi connectivity index (χ1v) is 9.96. The second kappa shape index (κ2) is 6.38. The predicted molar refractivity (Wildman–Crippen MR) is 99.7 cm³/mol. The fraction of sp³-hybridized carbons (Fsp3) is 0.412. The number of pyridine rings is 1. The van der Waals surface area contributed by atoms with E-state index in [2.05, 4.69) is 20.9 Å². The normalized spacial score (nSPS) is 24.9. The molecule has 2 aromatic heterocycles. The van der Waals surface area contributed by atoms with Crippen LogP contribution in [0.2, 0.25) is 0 Å². The Balaban J connectivity index is 1.50. The second-order valence-corrected chi connectivity index (χ2v) is 8.95. The molecule has 2 saturated heterocycles. The molecule has 2 aromatic rings. The molecule has 0 N–H and O–H groups in total. The van der Waals surface area contributed by atoms with Crippen LogP contribution in [0, 0.1) is 0 Å². The number of carbonyl (C=O) groups excluding carboxylic acids is 2. The molecule has 136 valence electrons. The number of carbonyl (C=O) groups is 2. The average Bonchev–Trinajstić information content (AvgIpc) is 3.10. The molecule has 26 heavy (non-hydrogen) atoms. The number of halogens is 1. The third kappa shape index (κ3) is 2.92. The Hall–Kier alpha value is -1.87. The lowest BCUT2D eigenvalue weighted by molar-refractivity contribution is -0.154. The number of hydrogen-bond donors (Lipinski definition) is 0. The summed E-state index contributed by atoms with van der Waals surface area (Å²) in [7, 11) is 0. The minimum absolute atomic E-state index is 0.00731. The second-order valence-electron chi connectivity index (χ2n) is 6.53. The van der Waals surface area contributed by atoms with Crippen molar-refractivity contribution in [3.63, 3.8) is 0 Å². The number of amides is 1. The predicted octanol–water partition coefficient (Wildman–Crippen LogP) is 1.95. The van der Waals surface area contributed by atoms with Crippen molar-refractivity contribution in [2.45, 2.75) is 37.3 Å². The number of thioether (sulfide) groups is 1. The van der Waals surface area contributed by atoms with Gasteiger partial charge in [-0.3, -0.25) is 14.0 Å². The van der Waals surface area contributed by atoms with Crippen LogP contribution in [0.4, 0.5) is 0 Å². The standard InChI is InChI=1S/C17H16BrN3O4S/c1-17-5-4-14(22)21(17)12(9-26-17)16(24)25-8-11-6-15(23)20-7-10(18)2-3-13(20)19-11/h2-3,6-7,12H,4-5,8-9H2,1H3/t12-,17-/m1/s1.